The van der Waals surface area contributed by atoms with Gasteiger partial charge in [0.15, 0.2) is 23.0 Å². The molecule has 168 valence electrons. The van der Waals surface area contributed by atoms with Crippen molar-refractivity contribution in [2.45, 2.75) is 31.2 Å². The monoisotopic (exact) mass is 429 g/mol. The Bertz CT molecular complexity index is 929. The standard InChI is InChI=1S/C24H31NO6/c1-27-19-7-6-16(12-20(19)28-2)15-24(10-8-23(26)31-5)18-14-22(30-4)21(29-3)13-17(18)9-11-25-24/h6-7,12-14,25H,8-11,15H2,1-5H3. The summed E-state index contributed by atoms with van der Waals surface area (Å²) in [5.74, 6) is 2.49. The van der Waals surface area contributed by atoms with Crippen LogP contribution in [0.5, 0.6) is 23.0 Å². The molecule has 1 heterocycles. The van der Waals surface area contributed by atoms with Crippen molar-refractivity contribution in [2.75, 3.05) is 42.1 Å². The molecule has 0 spiro atoms. The number of carbonyl (C=O) groups excluding carboxylic acids is 1. The van der Waals surface area contributed by atoms with Gasteiger partial charge in [-0.15, -0.1) is 0 Å². The van der Waals surface area contributed by atoms with Crippen LogP contribution >= 0.6 is 0 Å². The summed E-state index contributed by atoms with van der Waals surface area (Å²) in [5, 5.41) is 3.70. The molecule has 2 aromatic rings. The summed E-state index contributed by atoms with van der Waals surface area (Å²) in [7, 11) is 7.93. The van der Waals surface area contributed by atoms with Gasteiger partial charge in [-0.05, 0) is 60.2 Å². The van der Waals surface area contributed by atoms with Crippen LogP contribution in [0.25, 0.3) is 0 Å². The number of ether oxygens (including phenoxy) is 5. The average Bonchev–Trinajstić information content (AvgIpc) is 2.81. The molecule has 1 atom stereocenters. The fourth-order valence-electron chi connectivity index (χ4n) is 4.33. The Kier molecular flexibility index (Phi) is 7.28. The van der Waals surface area contributed by atoms with E-state index in [1.807, 2.05) is 30.3 Å². The average molecular weight is 430 g/mol. The first-order chi connectivity index (χ1) is 15.0. The minimum absolute atomic E-state index is 0.235. The van der Waals surface area contributed by atoms with Gasteiger partial charge in [0, 0.05) is 18.5 Å². The Morgan fingerprint density at radius 3 is 2.19 bits per heavy atom. The zero-order valence-electron chi connectivity index (χ0n) is 18.9. The number of hydrogen-bond donors (Lipinski definition) is 1. The third kappa shape index (κ3) is 4.71. The molecule has 31 heavy (non-hydrogen) atoms. The van der Waals surface area contributed by atoms with Crippen molar-refractivity contribution in [1.29, 1.82) is 0 Å². The minimum atomic E-state index is -0.471. The maximum Gasteiger partial charge on any atom is 0.305 e. The van der Waals surface area contributed by atoms with Crippen molar-refractivity contribution in [3.8, 4) is 23.0 Å². The van der Waals surface area contributed by atoms with Crippen molar-refractivity contribution in [1.82, 2.24) is 5.32 Å². The SMILES string of the molecule is COC(=O)CCC1(Cc2ccc(OC)c(OC)c2)NCCc2cc(OC)c(OC)cc21. The highest BCUT2D eigenvalue weighted by atomic mass is 16.5. The molecule has 0 radical (unpaired) electrons. The lowest BCUT2D eigenvalue weighted by atomic mass is 9.75. The van der Waals surface area contributed by atoms with Crippen molar-refractivity contribution in [2.24, 2.45) is 0 Å². The minimum Gasteiger partial charge on any atom is -0.493 e. The van der Waals surface area contributed by atoms with Crippen LogP contribution in [-0.4, -0.2) is 48.1 Å². The van der Waals surface area contributed by atoms with Crippen LogP contribution in [0.15, 0.2) is 30.3 Å². The van der Waals surface area contributed by atoms with Gasteiger partial charge in [-0.1, -0.05) is 6.07 Å². The first kappa shape index (κ1) is 22.7. The van der Waals surface area contributed by atoms with E-state index in [4.69, 9.17) is 23.7 Å². The number of methoxy groups -OCH3 is 5. The van der Waals surface area contributed by atoms with Gasteiger partial charge in [-0.25, -0.2) is 0 Å². The molecule has 1 unspecified atom stereocenters. The van der Waals surface area contributed by atoms with Gasteiger partial charge in [0.2, 0.25) is 0 Å². The maximum absolute atomic E-state index is 12.0. The van der Waals surface area contributed by atoms with E-state index >= 15 is 0 Å². The quantitative estimate of drug-likeness (QED) is 0.613. The van der Waals surface area contributed by atoms with Crippen molar-refractivity contribution in [3.63, 3.8) is 0 Å². The fraction of sp³-hybridized carbons (Fsp3) is 0.458. The largest absolute Gasteiger partial charge is 0.493 e. The molecule has 0 aliphatic carbocycles. The number of benzene rings is 2. The zero-order valence-corrected chi connectivity index (χ0v) is 18.9. The summed E-state index contributed by atoms with van der Waals surface area (Å²) < 4.78 is 26.9. The molecule has 7 nitrogen and oxygen atoms in total. The van der Waals surface area contributed by atoms with Gasteiger partial charge >= 0.3 is 5.97 Å². The molecule has 1 aliphatic heterocycles. The molecule has 1 aliphatic rings. The van der Waals surface area contributed by atoms with E-state index in [1.54, 1.807) is 28.4 Å². The van der Waals surface area contributed by atoms with Crippen LogP contribution in [0.1, 0.15) is 29.5 Å². The molecule has 0 amide bonds. The van der Waals surface area contributed by atoms with Gasteiger partial charge in [0.1, 0.15) is 0 Å². The molecular formula is C24H31NO6. The Balaban J connectivity index is 2.08. The first-order valence-electron chi connectivity index (χ1n) is 10.3. The summed E-state index contributed by atoms with van der Waals surface area (Å²) in [5.41, 5.74) is 2.88. The first-order valence-corrected chi connectivity index (χ1v) is 10.3. The second kappa shape index (κ2) is 9.92. The van der Waals surface area contributed by atoms with E-state index in [1.165, 1.54) is 12.7 Å². The highest BCUT2D eigenvalue weighted by molar-refractivity contribution is 5.69. The molecule has 3 rings (SSSR count). The molecule has 7 heteroatoms. The topological polar surface area (TPSA) is 75.3 Å². The Labute approximate surface area is 183 Å². The summed E-state index contributed by atoms with van der Waals surface area (Å²) in [4.78, 5) is 12.0. The summed E-state index contributed by atoms with van der Waals surface area (Å²) in [6, 6.07) is 9.97. The zero-order chi connectivity index (χ0) is 22.4. The van der Waals surface area contributed by atoms with E-state index < -0.39 is 5.54 Å². The number of nitrogens with one attached hydrogen (secondary N) is 1. The Hall–Kier alpha value is -2.93. The van der Waals surface area contributed by atoms with Crippen LogP contribution in [-0.2, 0) is 27.9 Å². The van der Waals surface area contributed by atoms with Gasteiger partial charge in [0.05, 0.1) is 35.5 Å². The molecule has 0 aromatic heterocycles. The van der Waals surface area contributed by atoms with E-state index in [9.17, 15) is 4.79 Å². The molecular weight excluding hydrogens is 398 g/mol. The molecule has 2 aromatic carbocycles. The lowest BCUT2D eigenvalue weighted by Gasteiger charge is -2.41. The smallest absolute Gasteiger partial charge is 0.305 e. The molecule has 0 fully saturated rings. The van der Waals surface area contributed by atoms with Crippen LogP contribution in [0.3, 0.4) is 0 Å². The Morgan fingerprint density at radius 1 is 0.903 bits per heavy atom. The lowest BCUT2D eigenvalue weighted by molar-refractivity contribution is -0.141. The summed E-state index contributed by atoms with van der Waals surface area (Å²) >= 11 is 0. The fourth-order valence-corrected chi connectivity index (χ4v) is 4.33. The van der Waals surface area contributed by atoms with Crippen molar-refractivity contribution < 1.29 is 28.5 Å². The molecule has 1 N–H and O–H groups in total. The summed E-state index contributed by atoms with van der Waals surface area (Å²) in [6.07, 6.45) is 2.40. The number of esters is 1. The van der Waals surface area contributed by atoms with Gasteiger partial charge in [-0.3, -0.25) is 4.79 Å². The van der Waals surface area contributed by atoms with Gasteiger partial charge < -0.3 is 29.0 Å². The molecule has 0 saturated heterocycles. The normalized spacial score (nSPS) is 17.5. The predicted octanol–water partition coefficient (Wildman–Crippen LogP) is 3.26. The number of fused-ring (bicyclic) bond motifs is 1. The third-order valence-corrected chi connectivity index (χ3v) is 5.92. The van der Waals surface area contributed by atoms with Crippen LogP contribution in [0, 0.1) is 0 Å². The van der Waals surface area contributed by atoms with Crippen molar-refractivity contribution >= 4 is 5.97 Å². The highest BCUT2D eigenvalue weighted by Gasteiger charge is 2.38. The molecule has 0 saturated carbocycles. The number of rotatable bonds is 9. The highest BCUT2D eigenvalue weighted by Crippen LogP contribution is 2.42. The van der Waals surface area contributed by atoms with Gasteiger partial charge in [0.25, 0.3) is 0 Å². The third-order valence-electron chi connectivity index (χ3n) is 5.92. The van der Waals surface area contributed by atoms with E-state index in [0.717, 1.165) is 24.1 Å². The van der Waals surface area contributed by atoms with Crippen LogP contribution in [0.2, 0.25) is 0 Å². The Morgan fingerprint density at radius 2 is 1.55 bits per heavy atom. The van der Waals surface area contributed by atoms with Gasteiger partial charge in [-0.2, -0.15) is 0 Å². The van der Waals surface area contributed by atoms with Crippen LogP contribution < -0.4 is 24.3 Å². The maximum atomic E-state index is 12.0. The lowest BCUT2D eigenvalue weighted by Crippen LogP contribution is -2.49. The number of carbonyl (C=O) groups is 1. The second-order valence-electron chi connectivity index (χ2n) is 7.57. The summed E-state index contributed by atoms with van der Waals surface area (Å²) in [6.45, 7) is 0.789. The van der Waals surface area contributed by atoms with Crippen molar-refractivity contribution in [3.05, 3.63) is 47.0 Å². The predicted molar refractivity (Wildman–Crippen MR) is 117 cm³/mol. The second-order valence-corrected chi connectivity index (χ2v) is 7.57. The molecule has 0 bridgehead atoms. The van der Waals surface area contributed by atoms with E-state index in [-0.39, 0.29) is 5.97 Å². The van der Waals surface area contributed by atoms with E-state index in [2.05, 4.69) is 5.32 Å². The number of hydrogen-bond acceptors (Lipinski definition) is 7. The van der Waals surface area contributed by atoms with E-state index in [0.29, 0.717) is 42.3 Å². The van der Waals surface area contributed by atoms with Crippen LogP contribution in [0.4, 0.5) is 0 Å².